The van der Waals surface area contributed by atoms with Gasteiger partial charge in [-0.2, -0.15) is 0 Å². The number of nitrogens with one attached hydrogen (secondary N) is 2. The third-order valence-electron chi connectivity index (χ3n) is 4.68. The topological polar surface area (TPSA) is 79.9 Å². The summed E-state index contributed by atoms with van der Waals surface area (Å²) in [6.07, 6.45) is 2.78. The number of methoxy groups -OCH3 is 1. The molecule has 1 heterocycles. The second-order valence-electron chi connectivity index (χ2n) is 6.62. The summed E-state index contributed by atoms with van der Waals surface area (Å²) in [5.41, 5.74) is 1.14. The summed E-state index contributed by atoms with van der Waals surface area (Å²) in [4.78, 5) is 25.4. The molecule has 7 heteroatoms. The summed E-state index contributed by atoms with van der Waals surface area (Å²) in [7, 11) is 1.65. The number of likely N-dealkylation sites (tertiary alicyclic amines) is 1. The lowest BCUT2D eigenvalue weighted by Gasteiger charge is -2.31. The van der Waals surface area contributed by atoms with E-state index in [-0.39, 0.29) is 12.0 Å². The molecular weight excluding hydrogens is 346 g/mol. The van der Waals surface area contributed by atoms with E-state index < -0.39 is 0 Å². The summed E-state index contributed by atoms with van der Waals surface area (Å²) in [5, 5.41) is 6.36. The van der Waals surface area contributed by atoms with Gasteiger partial charge in [-0.15, -0.1) is 0 Å². The van der Waals surface area contributed by atoms with Gasteiger partial charge in [0.15, 0.2) is 0 Å². The summed E-state index contributed by atoms with van der Waals surface area (Å²) in [6.45, 7) is 4.88. The summed E-state index contributed by atoms with van der Waals surface area (Å²) < 4.78 is 10.2. The van der Waals surface area contributed by atoms with Gasteiger partial charge in [-0.1, -0.05) is 12.1 Å². The molecule has 0 saturated carbocycles. The van der Waals surface area contributed by atoms with E-state index in [9.17, 15) is 9.59 Å². The minimum atomic E-state index is -0.230. The predicted octanol–water partition coefficient (Wildman–Crippen LogP) is 1.95. The van der Waals surface area contributed by atoms with E-state index in [1.165, 1.54) is 0 Å². The number of hydrogen-bond donors (Lipinski definition) is 2. The number of carbonyl (C=O) groups excluding carboxylic acids is 2. The van der Waals surface area contributed by atoms with Gasteiger partial charge in [0, 0.05) is 38.6 Å². The van der Waals surface area contributed by atoms with Crippen molar-refractivity contribution in [2.75, 3.05) is 39.9 Å². The normalized spacial score (nSPS) is 14.7. The van der Waals surface area contributed by atoms with E-state index in [1.54, 1.807) is 12.0 Å². The Morgan fingerprint density at radius 1 is 1.22 bits per heavy atom. The molecule has 0 bridgehead atoms. The van der Waals surface area contributed by atoms with Crippen LogP contribution in [0.1, 0.15) is 31.7 Å². The molecule has 0 atom stereocenters. The van der Waals surface area contributed by atoms with Crippen molar-refractivity contribution in [1.29, 1.82) is 0 Å². The van der Waals surface area contributed by atoms with Crippen LogP contribution in [-0.4, -0.2) is 62.8 Å². The van der Waals surface area contributed by atoms with Gasteiger partial charge in [-0.25, -0.2) is 4.79 Å². The van der Waals surface area contributed by atoms with Crippen LogP contribution in [0.15, 0.2) is 24.3 Å². The monoisotopic (exact) mass is 377 g/mol. The maximum Gasteiger partial charge on any atom is 0.409 e. The van der Waals surface area contributed by atoms with Crippen molar-refractivity contribution in [3.8, 4) is 5.75 Å². The number of hydrogen-bond acceptors (Lipinski definition) is 5. The maximum atomic E-state index is 12.0. The van der Waals surface area contributed by atoms with Crippen molar-refractivity contribution < 1.29 is 19.1 Å². The molecule has 0 aliphatic carbocycles. The van der Waals surface area contributed by atoms with Crippen LogP contribution in [0.5, 0.6) is 5.75 Å². The third-order valence-corrected chi connectivity index (χ3v) is 4.68. The molecule has 2 amide bonds. The highest BCUT2D eigenvalue weighted by Crippen LogP contribution is 2.13. The summed E-state index contributed by atoms with van der Waals surface area (Å²) >= 11 is 0. The van der Waals surface area contributed by atoms with E-state index in [1.807, 2.05) is 31.2 Å². The summed E-state index contributed by atoms with van der Waals surface area (Å²) in [5.74, 6) is 0.881. The Balaban J connectivity index is 1.55. The Morgan fingerprint density at radius 2 is 2.00 bits per heavy atom. The second-order valence-corrected chi connectivity index (χ2v) is 6.62. The Labute approximate surface area is 161 Å². The van der Waals surface area contributed by atoms with Crippen molar-refractivity contribution >= 4 is 12.0 Å². The van der Waals surface area contributed by atoms with Crippen LogP contribution in [0.4, 0.5) is 4.79 Å². The largest absolute Gasteiger partial charge is 0.497 e. The highest BCUT2D eigenvalue weighted by molar-refractivity contribution is 5.76. The highest BCUT2D eigenvalue weighted by atomic mass is 16.6. The molecule has 1 aromatic carbocycles. The highest BCUT2D eigenvalue weighted by Gasteiger charge is 2.23. The zero-order chi connectivity index (χ0) is 19.5. The zero-order valence-electron chi connectivity index (χ0n) is 16.3. The Kier molecular flexibility index (Phi) is 8.91. The molecule has 1 aliphatic heterocycles. The third kappa shape index (κ3) is 7.46. The molecule has 1 fully saturated rings. The molecule has 1 saturated heterocycles. The molecule has 1 aromatic rings. The van der Waals surface area contributed by atoms with Crippen molar-refractivity contribution in [3.63, 3.8) is 0 Å². The van der Waals surface area contributed by atoms with Gasteiger partial charge in [0.1, 0.15) is 5.75 Å². The maximum absolute atomic E-state index is 12.0. The Bertz CT molecular complexity index is 601. The number of nitrogens with zero attached hydrogens (tertiary/aromatic N) is 1. The molecule has 27 heavy (non-hydrogen) atoms. The van der Waals surface area contributed by atoms with E-state index >= 15 is 0 Å². The van der Waals surface area contributed by atoms with Crippen LogP contribution in [0.25, 0.3) is 0 Å². The average Bonchev–Trinajstić information content (AvgIpc) is 2.69. The van der Waals surface area contributed by atoms with E-state index in [4.69, 9.17) is 9.47 Å². The number of carbonyl (C=O) groups is 2. The molecular formula is C20H31N3O4. The van der Waals surface area contributed by atoms with Crippen LogP contribution in [0, 0.1) is 0 Å². The standard InChI is InChI=1S/C20H31N3O4/c1-3-27-20(25)23-13-9-17(10-14-23)21-12-8-19(24)22-11-7-16-5-4-6-18(15-16)26-2/h4-6,15,17,21H,3,7-14H2,1-2H3,(H,22,24). The number of benzene rings is 1. The average molecular weight is 377 g/mol. The van der Waals surface area contributed by atoms with Crippen LogP contribution in [0.3, 0.4) is 0 Å². The number of piperidine rings is 1. The van der Waals surface area contributed by atoms with Crippen molar-refractivity contribution in [2.45, 2.75) is 38.6 Å². The van der Waals surface area contributed by atoms with Gasteiger partial charge in [0.05, 0.1) is 13.7 Å². The molecule has 0 radical (unpaired) electrons. The smallest absolute Gasteiger partial charge is 0.409 e. The Hall–Kier alpha value is -2.28. The molecule has 7 nitrogen and oxygen atoms in total. The Morgan fingerprint density at radius 3 is 2.70 bits per heavy atom. The van der Waals surface area contributed by atoms with Crippen LogP contribution >= 0.6 is 0 Å². The quantitative estimate of drug-likeness (QED) is 0.688. The fourth-order valence-corrected chi connectivity index (χ4v) is 3.13. The molecule has 0 spiro atoms. The molecule has 2 N–H and O–H groups in total. The minimum Gasteiger partial charge on any atom is -0.497 e. The minimum absolute atomic E-state index is 0.0503. The van der Waals surface area contributed by atoms with E-state index in [2.05, 4.69) is 10.6 Å². The number of amides is 2. The van der Waals surface area contributed by atoms with Gasteiger partial charge in [-0.3, -0.25) is 4.79 Å². The van der Waals surface area contributed by atoms with Gasteiger partial charge < -0.3 is 25.0 Å². The van der Waals surface area contributed by atoms with Gasteiger partial charge >= 0.3 is 6.09 Å². The first-order valence-electron chi connectivity index (χ1n) is 9.67. The van der Waals surface area contributed by atoms with Gasteiger partial charge in [0.2, 0.25) is 5.91 Å². The van der Waals surface area contributed by atoms with Crippen molar-refractivity contribution in [2.24, 2.45) is 0 Å². The molecule has 2 rings (SSSR count). The lowest BCUT2D eigenvalue weighted by Crippen LogP contribution is -2.45. The number of ether oxygens (including phenoxy) is 2. The van der Waals surface area contributed by atoms with Crippen LogP contribution in [-0.2, 0) is 16.0 Å². The molecule has 0 aromatic heterocycles. The zero-order valence-corrected chi connectivity index (χ0v) is 16.3. The fraction of sp³-hybridized carbons (Fsp3) is 0.600. The SMILES string of the molecule is CCOC(=O)N1CCC(NCCC(=O)NCCc2cccc(OC)c2)CC1. The van der Waals surface area contributed by atoms with Crippen LogP contribution in [0.2, 0.25) is 0 Å². The van der Waals surface area contributed by atoms with Crippen molar-refractivity contribution in [3.05, 3.63) is 29.8 Å². The first kappa shape index (κ1) is 21.0. The predicted molar refractivity (Wildman–Crippen MR) is 104 cm³/mol. The van der Waals surface area contributed by atoms with Gasteiger partial charge in [-0.05, 0) is 43.9 Å². The fourth-order valence-electron chi connectivity index (χ4n) is 3.13. The summed E-state index contributed by atoms with van der Waals surface area (Å²) in [6, 6.07) is 8.22. The lowest BCUT2D eigenvalue weighted by molar-refractivity contribution is -0.121. The molecule has 150 valence electrons. The van der Waals surface area contributed by atoms with Gasteiger partial charge in [0.25, 0.3) is 0 Å². The second kappa shape index (κ2) is 11.4. The van der Waals surface area contributed by atoms with E-state index in [0.29, 0.717) is 45.2 Å². The first-order chi connectivity index (χ1) is 13.1. The van der Waals surface area contributed by atoms with Crippen LogP contribution < -0.4 is 15.4 Å². The first-order valence-corrected chi connectivity index (χ1v) is 9.67. The lowest BCUT2D eigenvalue weighted by atomic mass is 10.1. The van der Waals surface area contributed by atoms with Crippen molar-refractivity contribution in [1.82, 2.24) is 15.5 Å². The number of rotatable bonds is 9. The molecule has 1 aliphatic rings. The van der Waals surface area contributed by atoms with E-state index in [0.717, 1.165) is 30.6 Å². The molecule has 0 unspecified atom stereocenters.